The molecule has 2 aliphatic rings. The monoisotopic (exact) mass is 315 g/mol. The van der Waals surface area contributed by atoms with Gasteiger partial charge in [-0.2, -0.15) is 0 Å². The zero-order valence-electron chi connectivity index (χ0n) is 13.3. The number of hydrogen-bond acceptors (Lipinski definition) is 2. The summed E-state index contributed by atoms with van der Waals surface area (Å²) in [6.07, 6.45) is 2.18. The van der Waals surface area contributed by atoms with Crippen molar-refractivity contribution < 1.29 is 7.54 Å². The molecule has 0 aliphatic heterocycles. The molecule has 4 heteroatoms. The Labute approximate surface area is 134 Å². The molecule has 2 nitrogen and oxygen atoms in total. The van der Waals surface area contributed by atoms with Crippen molar-refractivity contribution in [3.05, 3.63) is 34.9 Å². The molecule has 0 radical (unpaired) electrons. The molecule has 2 aliphatic carbocycles. The maximum Gasteiger partial charge on any atom is 0.157 e. The minimum absolute atomic E-state index is 0. The van der Waals surface area contributed by atoms with E-state index in [1.54, 1.807) is 6.07 Å². The van der Waals surface area contributed by atoms with E-state index in [0.29, 0.717) is 30.2 Å². The standard InChI is InChI=1S/C16H20ClNO.ClH/c17-14-6-2-1-5-13(14)16(18-11-12-8-9-12)10-4-3-7-15(16)19;/h1-2,5-6,12,18H,3-4,7-11H2;1H/i7D2;. The lowest BCUT2D eigenvalue weighted by atomic mass is 9.75. The molecule has 3 rings (SSSR count). The van der Waals surface area contributed by atoms with Crippen molar-refractivity contribution in [2.45, 2.75) is 44.0 Å². The number of nitrogens with one attached hydrogen (secondary N) is 1. The average Bonchev–Trinajstić information content (AvgIpc) is 3.26. The number of halogens is 2. The van der Waals surface area contributed by atoms with Gasteiger partial charge in [0, 0.05) is 14.1 Å². The second-order valence-corrected chi connectivity index (χ2v) is 5.98. The third kappa shape index (κ3) is 3.03. The van der Waals surface area contributed by atoms with Crippen molar-refractivity contribution in [1.82, 2.24) is 5.32 Å². The number of hydrogen-bond donors (Lipinski definition) is 1. The van der Waals surface area contributed by atoms with Crippen molar-refractivity contribution in [2.75, 3.05) is 6.54 Å². The highest BCUT2D eigenvalue weighted by Gasteiger charge is 2.43. The highest BCUT2D eigenvalue weighted by atomic mass is 35.5. The molecule has 0 bridgehead atoms. The van der Waals surface area contributed by atoms with E-state index in [0.717, 1.165) is 12.1 Å². The first-order valence-corrected chi connectivity index (χ1v) is 7.38. The zero-order chi connectivity index (χ0) is 15.1. The van der Waals surface area contributed by atoms with Gasteiger partial charge in [0.1, 0.15) is 5.54 Å². The van der Waals surface area contributed by atoms with Gasteiger partial charge in [-0.15, -0.1) is 12.4 Å². The molecule has 1 unspecified atom stereocenters. The molecule has 1 aromatic rings. The van der Waals surface area contributed by atoms with Gasteiger partial charge in [-0.1, -0.05) is 36.2 Å². The predicted molar refractivity (Wildman–Crippen MR) is 84.6 cm³/mol. The molecule has 1 atom stereocenters. The Balaban J connectivity index is 0.00000176. The van der Waals surface area contributed by atoms with Gasteiger partial charge in [0.25, 0.3) is 0 Å². The van der Waals surface area contributed by atoms with Crippen LogP contribution in [0.15, 0.2) is 24.3 Å². The number of carbonyl (C=O) groups is 1. The van der Waals surface area contributed by atoms with Gasteiger partial charge < -0.3 is 5.32 Å². The van der Waals surface area contributed by atoms with E-state index >= 15 is 0 Å². The summed E-state index contributed by atoms with van der Waals surface area (Å²) < 4.78 is 16.1. The van der Waals surface area contributed by atoms with Crippen LogP contribution >= 0.6 is 24.0 Å². The van der Waals surface area contributed by atoms with Crippen LogP contribution in [0.1, 0.15) is 46.8 Å². The molecule has 1 aromatic carbocycles. The van der Waals surface area contributed by atoms with Crippen LogP contribution in [0.2, 0.25) is 5.02 Å². The molecule has 110 valence electrons. The molecule has 1 N–H and O–H groups in total. The molecular formula is C16H21Cl2NO. The first kappa shape index (κ1) is 13.1. The SMILES string of the molecule is Cl.[2H]C1([2H])CCCC(NCC2CC2)(c2ccccc2Cl)C1=O. The molecule has 0 spiro atoms. The van der Waals surface area contributed by atoms with Crippen molar-refractivity contribution in [2.24, 2.45) is 5.92 Å². The molecule has 20 heavy (non-hydrogen) atoms. The summed E-state index contributed by atoms with van der Waals surface area (Å²) in [5.74, 6) is 0.250. The van der Waals surface area contributed by atoms with Crippen LogP contribution in [0.4, 0.5) is 0 Å². The lowest BCUT2D eigenvalue weighted by Gasteiger charge is -2.38. The van der Waals surface area contributed by atoms with Crippen LogP contribution in [-0.4, -0.2) is 12.3 Å². The van der Waals surface area contributed by atoms with Gasteiger partial charge >= 0.3 is 0 Å². The van der Waals surface area contributed by atoms with Gasteiger partial charge in [0.15, 0.2) is 5.78 Å². The quantitative estimate of drug-likeness (QED) is 0.906. The fourth-order valence-corrected chi connectivity index (χ4v) is 3.09. The van der Waals surface area contributed by atoms with Gasteiger partial charge in [0.05, 0.1) is 0 Å². The molecule has 2 saturated carbocycles. The highest BCUT2D eigenvalue weighted by Crippen LogP contribution is 2.39. The van der Waals surface area contributed by atoms with E-state index in [4.69, 9.17) is 14.3 Å². The molecular weight excluding hydrogens is 293 g/mol. The first-order chi connectivity index (χ1) is 9.96. The Kier molecular flexibility index (Phi) is 4.24. The number of Topliss-reactive ketones (excluding diaryl/α,β-unsaturated/α-hetero) is 1. The number of carbonyl (C=O) groups excluding carboxylic acids is 1. The Morgan fingerprint density at radius 2 is 2.10 bits per heavy atom. The minimum atomic E-state index is -1.78. The topological polar surface area (TPSA) is 29.1 Å². The third-order valence-corrected chi connectivity index (χ3v) is 4.45. The minimum Gasteiger partial charge on any atom is -0.301 e. The largest absolute Gasteiger partial charge is 0.301 e. The highest BCUT2D eigenvalue weighted by molar-refractivity contribution is 6.31. The van der Waals surface area contributed by atoms with Crippen molar-refractivity contribution in [3.63, 3.8) is 0 Å². The molecule has 2 fully saturated rings. The number of benzene rings is 1. The van der Waals surface area contributed by atoms with E-state index in [1.165, 1.54) is 12.8 Å². The predicted octanol–water partition coefficient (Wildman–Crippen LogP) is 4.10. The maximum absolute atomic E-state index is 12.9. The summed E-state index contributed by atoms with van der Waals surface area (Å²) in [7, 11) is 0. The molecule has 0 amide bonds. The zero-order valence-corrected chi connectivity index (χ0v) is 12.9. The van der Waals surface area contributed by atoms with Crippen LogP contribution in [-0.2, 0) is 10.3 Å². The van der Waals surface area contributed by atoms with Crippen LogP contribution in [0.25, 0.3) is 0 Å². The van der Waals surface area contributed by atoms with Crippen LogP contribution in [0.3, 0.4) is 0 Å². The Morgan fingerprint density at radius 3 is 2.80 bits per heavy atom. The summed E-state index contributed by atoms with van der Waals surface area (Å²) in [6, 6.07) is 7.32. The Morgan fingerprint density at radius 1 is 1.35 bits per heavy atom. The smallest absolute Gasteiger partial charge is 0.157 e. The van der Waals surface area contributed by atoms with Crippen LogP contribution in [0, 0.1) is 5.92 Å². The lowest BCUT2D eigenvalue weighted by molar-refractivity contribution is -0.128. The van der Waals surface area contributed by atoms with Crippen LogP contribution in [0.5, 0.6) is 0 Å². The summed E-state index contributed by atoms with van der Waals surface area (Å²) in [6.45, 7) is 0.757. The van der Waals surface area contributed by atoms with E-state index < -0.39 is 11.9 Å². The van der Waals surface area contributed by atoms with E-state index in [9.17, 15) is 4.79 Å². The lowest BCUT2D eigenvalue weighted by Crippen LogP contribution is -2.51. The van der Waals surface area contributed by atoms with Crippen molar-refractivity contribution in [1.29, 1.82) is 0 Å². The van der Waals surface area contributed by atoms with E-state index in [1.807, 2.05) is 18.2 Å². The van der Waals surface area contributed by atoms with Gasteiger partial charge in [0.2, 0.25) is 0 Å². The molecule has 0 saturated heterocycles. The van der Waals surface area contributed by atoms with Crippen molar-refractivity contribution in [3.8, 4) is 0 Å². The van der Waals surface area contributed by atoms with E-state index in [-0.39, 0.29) is 18.2 Å². The first-order valence-electron chi connectivity index (χ1n) is 8.01. The second kappa shape index (κ2) is 6.46. The normalized spacial score (nSPS) is 30.1. The fourth-order valence-electron chi connectivity index (χ4n) is 2.79. The summed E-state index contributed by atoms with van der Waals surface area (Å²) >= 11 is 6.32. The number of rotatable bonds is 4. The number of ketones is 1. The van der Waals surface area contributed by atoms with Crippen molar-refractivity contribution >= 4 is 29.8 Å². The van der Waals surface area contributed by atoms with Gasteiger partial charge in [-0.05, 0) is 49.8 Å². The molecule has 0 heterocycles. The van der Waals surface area contributed by atoms with Gasteiger partial charge in [-0.25, -0.2) is 0 Å². The fraction of sp³-hybridized carbons (Fsp3) is 0.562. The molecule has 0 aromatic heterocycles. The maximum atomic E-state index is 12.9. The summed E-state index contributed by atoms with van der Waals surface area (Å²) in [4.78, 5) is 12.9. The van der Waals surface area contributed by atoms with E-state index in [2.05, 4.69) is 5.32 Å². The second-order valence-electron chi connectivity index (χ2n) is 5.57. The Bertz CT molecular complexity index is 563. The Hall–Kier alpha value is -0.570. The third-order valence-electron chi connectivity index (χ3n) is 4.12. The average molecular weight is 316 g/mol. The van der Waals surface area contributed by atoms with Gasteiger partial charge in [-0.3, -0.25) is 4.79 Å². The summed E-state index contributed by atoms with van der Waals surface area (Å²) in [5, 5.41) is 3.92. The van der Waals surface area contributed by atoms with Crippen LogP contribution < -0.4 is 5.32 Å². The summed E-state index contributed by atoms with van der Waals surface area (Å²) in [5.41, 5.74) is -0.247.